The van der Waals surface area contributed by atoms with E-state index in [2.05, 4.69) is 0 Å². The highest BCUT2D eigenvalue weighted by atomic mass is 35.5. The molecule has 1 atom stereocenters. The predicted molar refractivity (Wildman–Crippen MR) is 48.6 cm³/mol. The third-order valence-corrected chi connectivity index (χ3v) is 2.35. The average Bonchev–Trinajstić information content (AvgIpc) is 2.47. The molecule has 0 unspecified atom stereocenters. The Kier molecular flexibility index (Phi) is 1.87. The highest BCUT2D eigenvalue weighted by Crippen LogP contribution is 2.34. The summed E-state index contributed by atoms with van der Waals surface area (Å²) < 4.78 is 5.27. The first-order valence-electron chi connectivity index (χ1n) is 3.84. The van der Waals surface area contributed by atoms with Crippen LogP contribution in [0.5, 0.6) is 5.75 Å². The molecule has 66 valence electrons. The van der Waals surface area contributed by atoms with Crippen LogP contribution in [0.1, 0.15) is 17.2 Å². The van der Waals surface area contributed by atoms with Crippen LogP contribution in [0.15, 0.2) is 12.1 Å². The van der Waals surface area contributed by atoms with E-state index in [1.165, 1.54) is 0 Å². The molecular formula is C9H7ClN2O. The van der Waals surface area contributed by atoms with Gasteiger partial charge in [-0.3, -0.25) is 0 Å². The molecule has 0 aromatic heterocycles. The van der Waals surface area contributed by atoms with Crippen molar-refractivity contribution >= 4 is 11.6 Å². The van der Waals surface area contributed by atoms with Gasteiger partial charge in [0.15, 0.2) is 0 Å². The van der Waals surface area contributed by atoms with E-state index in [4.69, 9.17) is 27.3 Å². The third-order valence-electron chi connectivity index (χ3n) is 2.04. The number of rotatable bonds is 0. The summed E-state index contributed by atoms with van der Waals surface area (Å²) in [6.45, 7) is 0.459. The molecule has 13 heavy (non-hydrogen) atoms. The van der Waals surface area contributed by atoms with Crippen LogP contribution in [0.3, 0.4) is 0 Å². The Balaban J connectivity index is 2.58. The van der Waals surface area contributed by atoms with Gasteiger partial charge >= 0.3 is 0 Å². The van der Waals surface area contributed by atoms with Gasteiger partial charge in [-0.1, -0.05) is 11.6 Å². The largest absolute Gasteiger partial charge is 0.491 e. The topological polar surface area (TPSA) is 59.0 Å². The summed E-state index contributed by atoms with van der Waals surface area (Å²) in [5, 5.41) is 9.13. The molecule has 0 saturated heterocycles. The lowest BCUT2D eigenvalue weighted by Crippen LogP contribution is -2.10. The van der Waals surface area contributed by atoms with Gasteiger partial charge in [0.2, 0.25) is 0 Å². The maximum Gasteiger partial charge on any atom is 0.125 e. The van der Waals surface area contributed by atoms with Gasteiger partial charge in [0.1, 0.15) is 18.4 Å². The fraction of sp³-hybridized carbons (Fsp3) is 0.222. The van der Waals surface area contributed by atoms with Crippen LogP contribution in [0, 0.1) is 11.3 Å². The van der Waals surface area contributed by atoms with Gasteiger partial charge in [-0.25, -0.2) is 0 Å². The number of ether oxygens (including phenoxy) is 1. The number of nitriles is 1. The van der Waals surface area contributed by atoms with Crippen molar-refractivity contribution < 1.29 is 4.74 Å². The Morgan fingerprint density at radius 1 is 1.62 bits per heavy atom. The van der Waals surface area contributed by atoms with E-state index in [1.807, 2.05) is 6.07 Å². The second-order valence-electron chi connectivity index (χ2n) is 2.90. The molecule has 0 fully saturated rings. The quantitative estimate of drug-likeness (QED) is 0.683. The van der Waals surface area contributed by atoms with Crippen LogP contribution in [0.25, 0.3) is 0 Å². The molecule has 1 aliphatic heterocycles. The molecule has 1 aliphatic rings. The molecule has 1 aromatic carbocycles. The number of halogens is 1. The van der Waals surface area contributed by atoms with Crippen LogP contribution >= 0.6 is 11.6 Å². The zero-order chi connectivity index (χ0) is 9.42. The fourth-order valence-electron chi connectivity index (χ4n) is 1.34. The number of fused-ring (bicyclic) bond motifs is 1. The summed E-state index contributed by atoms with van der Waals surface area (Å²) >= 11 is 5.84. The smallest absolute Gasteiger partial charge is 0.125 e. The summed E-state index contributed by atoms with van der Waals surface area (Å²) in [6.07, 6.45) is 0. The van der Waals surface area contributed by atoms with Gasteiger partial charge in [0, 0.05) is 5.56 Å². The van der Waals surface area contributed by atoms with E-state index in [0.29, 0.717) is 22.9 Å². The van der Waals surface area contributed by atoms with Crippen LogP contribution in [0.4, 0.5) is 0 Å². The predicted octanol–water partition coefficient (Wildman–Crippen LogP) is 1.60. The highest BCUT2D eigenvalue weighted by molar-refractivity contribution is 6.31. The van der Waals surface area contributed by atoms with Gasteiger partial charge in [-0.15, -0.1) is 0 Å². The molecular weight excluding hydrogens is 188 g/mol. The van der Waals surface area contributed by atoms with Crippen molar-refractivity contribution in [2.75, 3.05) is 6.61 Å². The van der Waals surface area contributed by atoms with Gasteiger partial charge < -0.3 is 10.5 Å². The minimum atomic E-state index is -0.125. The van der Waals surface area contributed by atoms with Crippen molar-refractivity contribution in [3.8, 4) is 11.8 Å². The maximum atomic E-state index is 8.69. The van der Waals surface area contributed by atoms with Gasteiger partial charge in [0.25, 0.3) is 0 Å². The Hall–Kier alpha value is -1.24. The molecule has 0 radical (unpaired) electrons. The maximum absolute atomic E-state index is 8.69. The molecule has 2 rings (SSSR count). The molecule has 0 amide bonds. The lowest BCUT2D eigenvalue weighted by Gasteiger charge is -2.02. The van der Waals surface area contributed by atoms with E-state index in [9.17, 15) is 0 Å². The summed E-state index contributed by atoms with van der Waals surface area (Å²) in [5.74, 6) is 0.674. The molecule has 2 N–H and O–H groups in total. The van der Waals surface area contributed by atoms with Crippen molar-refractivity contribution in [3.05, 3.63) is 28.3 Å². The molecule has 3 nitrogen and oxygen atoms in total. The van der Waals surface area contributed by atoms with Crippen molar-refractivity contribution in [1.82, 2.24) is 0 Å². The van der Waals surface area contributed by atoms with E-state index in [-0.39, 0.29) is 6.04 Å². The molecule has 0 bridgehead atoms. The van der Waals surface area contributed by atoms with Crippen molar-refractivity contribution in [1.29, 1.82) is 5.26 Å². The highest BCUT2D eigenvalue weighted by Gasteiger charge is 2.22. The molecule has 0 spiro atoms. The first kappa shape index (κ1) is 8.36. The molecule has 4 heteroatoms. The van der Waals surface area contributed by atoms with E-state index >= 15 is 0 Å². The summed E-state index contributed by atoms with van der Waals surface area (Å²) in [5.41, 5.74) is 7.04. The number of nitrogens with zero attached hydrogens (tertiary/aromatic N) is 1. The van der Waals surface area contributed by atoms with E-state index < -0.39 is 0 Å². The minimum absolute atomic E-state index is 0.125. The van der Waals surface area contributed by atoms with Crippen LogP contribution in [-0.4, -0.2) is 6.61 Å². The Morgan fingerprint density at radius 2 is 2.38 bits per heavy atom. The number of hydrogen-bond acceptors (Lipinski definition) is 3. The van der Waals surface area contributed by atoms with Gasteiger partial charge in [0.05, 0.1) is 16.6 Å². The Bertz CT molecular complexity index is 397. The second kappa shape index (κ2) is 2.91. The van der Waals surface area contributed by atoms with Crippen LogP contribution < -0.4 is 10.5 Å². The standard InChI is InChI=1S/C9H7ClN2O/c10-7-2-6-8(12)4-13-9(6)1-5(7)3-11/h1-2,8H,4,12H2/t8-/m0/s1. The summed E-state index contributed by atoms with van der Waals surface area (Å²) in [4.78, 5) is 0. The summed E-state index contributed by atoms with van der Waals surface area (Å²) in [6, 6.07) is 5.19. The SMILES string of the molecule is N#Cc1cc2c(cc1Cl)[C@@H](N)CO2. The molecule has 1 aromatic rings. The van der Waals surface area contributed by atoms with Crippen molar-refractivity contribution in [3.63, 3.8) is 0 Å². The molecule has 0 saturated carbocycles. The zero-order valence-electron chi connectivity index (χ0n) is 6.75. The number of nitrogens with two attached hydrogens (primary N) is 1. The van der Waals surface area contributed by atoms with E-state index in [1.54, 1.807) is 12.1 Å². The average molecular weight is 195 g/mol. The monoisotopic (exact) mass is 194 g/mol. The van der Waals surface area contributed by atoms with Gasteiger partial charge in [-0.2, -0.15) is 5.26 Å². The number of hydrogen-bond donors (Lipinski definition) is 1. The molecule has 1 heterocycles. The van der Waals surface area contributed by atoms with Crippen LogP contribution in [0.2, 0.25) is 5.02 Å². The Labute approximate surface area is 80.7 Å². The molecule has 0 aliphatic carbocycles. The van der Waals surface area contributed by atoms with Gasteiger partial charge in [-0.05, 0) is 12.1 Å². The minimum Gasteiger partial charge on any atom is -0.491 e. The first-order chi connectivity index (χ1) is 6.22. The van der Waals surface area contributed by atoms with Crippen molar-refractivity contribution in [2.45, 2.75) is 6.04 Å². The lowest BCUT2D eigenvalue weighted by atomic mass is 10.1. The first-order valence-corrected chi connectivity index (χ1v) is 4.22. The lowest BCUT2D eigenvalue weighted by molar-refractivity contribution is 0.333. The van der Waals surface area contributed by atoms with Crippen LogP contribution in [-0.2, 0) is 0 Å². The van der Waals surface area contributed by atoms with Crippen molar-refractivity contribution in [2.24, 2.45) is 5.73 Å². The summed E-state index contributed by atoms with van der Waals surface area (Å²) in [7, 11) is 0. The third kappa shape index (κ3) is 1.24. The number of benzene rings is 1. The van der Waals surface area contributed by atoms with E-state index in [0.717, 1.165) is 5.56 Å². The normalized spacial score (nSPS) is 19.0. The zero-order valence-corrected chi connectivity index (χ0v) is 7.51. The Morgan fingerprint density at radius 3 is 3.08 bits per heavy atom. The fourth-order valence-corrected chi connectivity index (χ4v) is 1.55. The second-order valence-corrected chi connectivity index (χ2v) is 3.31.